The summed E-state index contributed by atoms with van der Waals surface area (Å²) in [6, 6.07) is 9.60. The molecular formula is C28H45BrN2O2. The lowest BCUT2D eigenvalue weighted by molar-refractivity contribution is -0.139. The fraction of sp³-hybridized carbons (Fsp3) is 0.571. The second-order valence-electron chi connectivity index (χ2n) is 8.18. The topological polar surface area (TPSA) is 55.0 Å². The van der Waals surface area contributed by atoms with Crippen molar-refractivity contribution in [3.63, 3.8) is 0 Å². The third kappa shape index (κ3) is 24.6. The Kier molecular flexibility index (Phi) is 23.3. The minimum atomic E-state index is -0.273. The number of alkyl halides is 1. The van der Waals surface area contributed by atoms with E-state index < -0.39 is 0 Å². The highest BCUT2D eigenvalue weighted by molar-refractivity contribution is 9.09. The molecule has 5 heteroatoms. The second kappa shape index (κ2) is 24.8. The minimum absolute atomic E-state index is 0.273. The number of hydrogen-bond donors (Lipinski definition) is 1. The van der Waals surface area contributed by atoms with Crippen molar-refractivity contribution in [1.82, 2.24) is 9.97 Å². The van der Waals surface area contributed by atoms with E-state index in [-0.39, 0.29) is 5.97 Å². The molecule has 1 N–H and O–H groups in total. The number of ether oxygens (including phenoxy) is 1. The van der Waals surface area contributed by atoms with Gasteiger partial charge in [0.25, 0.3) is 0 Å². The van der Waals surface area contributed by atoms with Gasteiger partial charge >= 0.3 is 5.97 Å². The number of hydrogen-bond acceptors (Lipinski definition) is 3. The average molecular weight is 522 g/mol. The van der Waals surface area contributed by atoms with Crippen LogP contribution in [0.25, 0.3) is 0 Å². The molecular weight excluding hydrogens is 476 g/mol. The van der Waals surface area contributed by atoms with E-state index in [1.165, 1.54) is 64.2 Å². The van der Waals surface area contributed by atoms with Gasteiger partial charge in [0, 0.05) is 35.2 Å². The number of pyridine rings is 1. The van der Waals surface area contributed by atoms with Crippen molar-refractivity contribution in [3.05, 3.63) is 67.3 Å². The van der Waals surface area contributed by atoms with E-state index in [0.29, 0.717) is 17.0 Å². The van der Waals surface area contributed by atoms with Crippen LogP contribution in [0.5, 0.6) is 0 Å². The molecule has 0 bridgehead atoms. The molecule has 2 aromatic heterocycles. The van der Waals surface area contributed by atoms with E-state index in [4.69, 9.17) is 4.74 Å². The molecule has 186 valence electrons. The maximum Gasteiger partial charge on any atom is 0.333 e. The molecule has 0 radical (unpaired) electrons. The Morgan fingerprint density at radius 3 is 1.85 bits per heavy atom. The van der Waals surface area contributed by atoms with Crippen LogP contribution >= 0.6 is 15.9 Å². The maximum atomic E-state index is 11.2. The number of aromatic nitrogens is 2. The van der Waals surface area contributed by atoms with Crippen LogP contribution in [0.2, 0.25) is 0 Å². The lowest BCUT2D eigenvalue weighted by Gasteiger charge is -2.10. The summed E-state index contributed by atoms with van der Waals surface area (Å²) in [5.41, 5.74) is 0.477. The first-order valence-corrected chi connectivity index (χ1v) is 13.4. The monoisotopic (exact) mass is 520 g/mol. The SMILES string of the molecule is C=C(C)C(=O)OCCCC(Br)CCCCCCCCCCC.c1cc[nH]c1.c1ccncc1. The third-order valence-electron chi connectivity index (χ3n) is 4.93. The van der Waals surface area contributed by atoms with Crippen LogP contribution < -0.4 is 0 Å². The van der Waals surface area contributed by atoms with Crippen molar-refractivity contribution in [3.8, 4) is 0 Å². The fourth-order valence-electron chi connectivity index (χ4n) is 3.00. The van der Waals surface area contributed by atoms with Crippen molar-refractivity contribution < 1.29 is 9.53 Å². The first kappa shape index (κ1) is 31.1. The summed E-state index contributed by atoms with van der Waals surface area (Å²) in [5, 5.41) is 0. The number of H-pyrrole nitrogens is 1. The van der Waals surface area contributed by atoms with Crippen molar-refractivity contribution >= 4 is 21.9 Å². The highest BCUT2D eigenvalue weighted by atomic mass is 79.9. The lowest BCUT2D eigenvalue weighted by Crippen LogP contribution is -2.08. The zero-order valence-corrected chi connectivity index (χ0v) is 22.4. The van der Waals surface area contributed by atoms with Gasteiger partial charge in [-0.1, -0.05) is 93.3 Å². The zero-order chi connectivity index (χ0) is 24.4. The van der Waals surface area contributed by atoms with Crippen LogP contribution in [-0.2, 0) is 9.53 Å². The molecule has 1 atom stereocenters. The lowest BCUT2D eigenvalue weighted by atomic mass is 10.0. The number of halogens is 1. The Labute approximate surface area is 210 Å². The molecule has 4 nitrogen and oxygen atoms in total. The van der Waals surface area contributed by atoms with Crippen LogP contribution in [0.1, 0.15) is 90.9 Å². The second-order valence-corrected chi connectivity index (χ2v) is 9.48. The standard InChI is InChI=1S/C19H35BrO2.C5H5N.C4H5N/c1-4-5-6-7-8-9-10-11-12-14-18(20)15-13-16-22-19(21)17(2)3;1-2-4-6-5-3-1;1-2-4-5-3-1/h18H,2,4-16H2,1,3H3;1-5H;1-5H. The number of nitrogens with zero attached hydrogens (tertiary/aromatic N) is 1. The Morgan fingerprint density at radius 2 is 1.42 bits per heavy atom. The summed E-state index contributed by atoms with van der Waals surface area (Å²) >= 11 is 3.73. The van der Waals surface area contributed by atoms with Crippen LogP contribution in [0, 0.1) is 0 Å². The van der Waals surface area contributed by atoms with E-state index in [9.17, 15) is 4.79 Å². The van der Waals surface area contributed by atoms with E-state index in [1.807, 2.05) is 42.7 Å². The largest absolute Gasteiger partial charge is 0.462 e. The number of esters is 1. The van der Waals surface area contributed by atoms with E-state index in [0.717, 1.165) is 12.8 Å². The summed E-state index contributed by atoms with van der Waals surface area (Å²) in [6.45, 7) is 8.02. The van der Waals surface area contributed by atoms with E-state index >= 15 is 0 Å². The summed E-state index contributed by atoms with van der Waals surface area (Å²) in [6.07, 6.45) is 22.9. The molecule has 0 aliphatic heterocycles. The first-order valence-electron chi connectivity index (χ1n) is 12.5. The average Bonchev–Trinajstić information content (AvgIpc) is 3.42. The van der Waals surface area contributed by atoms with E-state index in [2.05, 4.69) is 39.4 Å². The van der Waals surface area contributed by atoms with Gasteiger partial charge in [-0.3, -0.25) is 4.98 Å². The quantitative estimate of drug-likeness (QED) is 0.110. The van der Waals surface area contributed by atoms with Gasteiger partial charge in [-0.2, -0.15) is 0 Å². The number of aromatic amines is 1. The van der Waals surface area contributed by atoms with Crippen molar-refractivity contribution in [2.75, 3.05) is 6.61 Å². The van der Waals surface area contributed by atoms with Gasteiger partial charge in [0.1, 0.15) is 0 Å². The number of carbonyl (C=O) groups is 1. The van der Waals surface area contributed by atoms with Gasteiger partial charge in [-0.25, -0.2) is 4.79 Å². The smallest absolute Gasteiger partial charge is 0.333 e. The summed E-state index contributed by atoms with van der Waals surface area (Å²) in [4.78, 5) is 18.4. The predicted octanol–water partition coefficient (Wildman–Crippen LogP) is 8.67. The molecule has 2 rings (SSSR count). The molecule has 0 fully saturated rings. The van der Waals surface area contributed by atoms with Gasteiger partial charge in [-0.15, -0.1) is 0 Å². The molecule has 2 aromatic rings. The predicted molar refractivity (Wildman–Crippen MR) is 145 cm³/mol. The Balaban J connectivity index is 0.000000739. The first-order chi connectivity index (χ1) is 16.1. The van der Waals surface area contributed by atoms with Gasteiger partial charge in [-0.05, 0) is 50.5 Å². The van der Waals surface area contributed by atoms with Crippen LogP contribution in [-0.4, -0.2) is 27.4 Å². The highest BCUT2D eigenvalue weighted by Crippen LogP contribution is 2.18. The number of nitrogens with one attached hydrogen (secondary N) is 1. The number of unbranched alkanes of at least 4 members (excludes halogenated alkanes) is 8. The molecule has 33 heavy (non-hydrogen) atoms. The Hall–Kier alpha value is -1.88. The molecule has 0 saturated heterocycles. The van der Waals surface area contributed by atoms with Gasteiger partial charge in [0.15, 0.2) is 0 Å². The molecule has 0 spiro atoms. The van der Waals surface area contributed by atoms with Crippen molar-refractivity contribution in [2.24, 2.45) is 0 Å². The number of rotatable bonds is 15. The normalized spacial score (nSPS) is 10.8. The summed E-state index contributed by atoms with van der Waals surface area (Å²) in [5.74, 6) is -0.273. The Morgan fingerprint density at radius 1 is 0.879 bits per heavy atom. The van der Waals surface area contributed by atoms with Gasteiger partial charge in [0.2, 0.25) is 0 Å². The van der Waals surface area contributed by atoms with Crippen LogP contribution in [0.3, 0.4) is 0 Å². The van der Waals surface area contributed by atoms with Gasteiger partial charge < -0.3 is 9.72 Å². The van der Waals surface area contributed by atoms with Gasteiger partial charge in [0.05, 0.1) is 6.61 Å². The summed E-state index contributed by atoms with van der Waals surface area (Å²) in [7, 11) is 0. The molecule has 0 aliphatic rings. The molecule has 0 amide bonds. The molecule has 0 aliphatic carbocycles. The minimum Gasteiger partial charge on any atom is -0.462 e. The summed E-state index contributed by atoms with van der Waals surface area (Å²) < 4.78 is 5.09. The fourth-order valence-corrected chi connectivity index (χ4v) is 3.65. The highest BCUT2D eigenvalue weighted by Gasteiger charge is 2.06. The molecule has 1 unspecified atom stereocenters. The third-order valence-corrected chi connectivity index (χ3v) is 5.84. The van der Waals surface area contributed by atoms with Crippen LogP contribution in [0.4, 0.5) is 0 Å². The Bertz CT molecular complexity index is 603. The van der Waals surface area contributed by atoms with Crippen molar-refractivity contribution in [2.45, 2.75) is 95.7 Å². The zero-order valence-electron chi connectivity index (χ0n) is 20.8. The molecule has 2 heterocycles. The van der Waals surface area contributed by atoms with Crippen molar-refractivity contribution in [1.29, 1.82) is 0 Å². The van der Waals surface area contributed by atoms with Crippen LogP contribution in [0.15, 0.2) is 67.3 Å². The molecule has 0 aromatic carbocycles. The molecule has 0 saturated carbocycles. The maximum absolute atomic E-state index is 11.2. The van der Waals surface area contributed by atoms with E-state index in [1.54, 1.807) is 19.3 Å². The number of carbonyl (C=O) groups excluding carboxylic acids is 1.